The van der Waals surface area contributed by atoms with Gasteiger partial charge >= 0.3 is 5.97 Å². The molecule has 0 bridgehead atoms. The molecule has 2 aromatic heterocycles. The van der Waals surface area contributed by atoms with E-state index in [2.05, 4.69) is 15.0 Å². The first kappa shape index (κ1) is 16.3. The van der Waals surface area contributed by atoms with Crippen LogP contribution in [0.2, 0.25) is 0 Å². The molecule has 3 rings (SSSR count). The molecule has 24 heavy (non-hydrogen) atoms. The van der Waals surface area contributed by atoms with Gasteiger partial charge in [0.15, 0.2) is 6.10 Å². The molecule has 2 heterocycles. The minimum atomic E-state index is -0.938. The fraction of sp³-hybridized carbons (Fsp3) is 0.471. The Morgan fingerprint density at radius 1 is 1.33 bits per heavy atom. The van der Waals surface area contributed by atoms with Crippen LogP contribution in [0.15, 0.2) is 16.7 Å². The molecule has 1 saturated carbocycles. The lowest BCUT2D eigenvalue weighted by Gasteiger charge is -2.12. The maximum Gasteiger partial charge on any atom is 0.340 e. The third-order valence-corrected chi connectivity index (χ3v) is 4.14. The third-order valence-electron chi connectivity index (χ3n) is 4.14. The van der Waals surface area contributed by atoms with Gasteiger partial charge < -0.3 is 13.8 Å². The van der Waals surface area contributed by atoms with Crippen molar-refractivity contribution in [2.75, 3.05) is 5.32 Å². The topological polar surface area (TPSA) is 86.4 Å². The maximum absolute atomic E-state index is 12.4. The van der Waals surface area contributed by atoms with Gasteiger partial charge in [0.2, 0.25) is 5.88 Å². The van der Waals surface area contributed by atoms with Crippen molar-refractivity contribution in [2.24, 2.45) is 0 Å². The second-order valence-electron chi connectivity index (χ2n) is 6.26. The molecule has 1 fully saturated rings. The number of rotatable bonds is 5. The molecule has 1 amide bonds. The van der Waals surface area contributed by atoms with Gasteiger partial charge in [0.05, 0.1) is 11.3 Å². The SMILES string of the molecule is Cc1cc(NC(=O)C(C)OC(=O)c2cc(C)n(C3CC3)c2C)on1. The Kier molecular flexibility index (Phi) is 4.17. The molecule has 1 unspecified atom stereocenters. The molecule has 7 heteroatoms. The highest BCUT2D eigenvalue weighted by Gasteiger charge is 2.29. The van der Waals surface area contributed by atoms with Crippen molar-refractivity contribution in [2.45, 2.75) is 52.7 Å². The molecular weight excluding hydrogens is 310 g/mol. The lowest BCUT2D eigenvalue weighted by Crippen LogP contribution is -2.30. The van der Waals surface area contributed by atoms with Crippen molar-refractivity contribution in [1.82, 2.24) is 9.72 Å². The Balaban J connectivity index is 1.65. The number of ether oxygens (including phenoxy) is 1. The van der Waals surface area contributed by atoms with Crippen LogP contribution in [0.4, 0.5) is 5.88 Å². The number of hydrogen-bond donors (Lipinski definition) is 1. The van der Waals surface area contributed by atoms with Crippen molar-refractivity contribution < 1.29 is 18.8 Å². The number of aromatic nitrogens is 2. The van der Waals surface area contributed by atoms with Crippen LogP contribution in [0.1, 0.15) is 53.2 Å². The number of hydrogen-bond acceptors (Lipinski definition) is 5. The second-order valence-corrected chi connectivity index (χ2v) is 6.26. The predicted octanol–water partition coefficient (Wildman–Crippen LogP) is 2.92. The zero-order valence-electron chi connectivity index (χ0n) is 14.3. The molecule has 2 aromatic rings. The van der Waals surface area contributed by atoms with Crippen molar-refractivity contribution in [1.29, 1.82) is 0 Å². The Labute approximate surface area is 140 Å². The number of carbonyl (C=O) groups excluding carboxylic acids is 2. The largest absolute Gasteiger partial charge is 0.449 e. The van der Waals surface area contributed by atoms with Gasteiger partial charge in [-0.3, -0.25) is 10.1 Å². The van der Waals surface area contributed by atoms with Gasteiger partial charge in [0, 0.05) is 23.5 Å². The quantitative estimate of drug-likeness (QED) is 0.851. The zero-order chi connectivity index (χ0) is 17.4. The van der Waals surface area contributed by atoms with E-state index in [9.17, 15) is 9.59 Å². The number of anilines is 1. The van der Waals surface area contributed by atoms with Crippen LogP contribution in [0.5, 0.6) is 0 Å². The molecule has 0 radical (unpaired) electrons. The normalized spacial score (nSPS) is 15.2. The summed E-state index contributed by atoms with van der Waals surface area (Å²) in [6.07, 6.45) is 1.34. The van der Waals surface area contributed by atoms with Crippen LogP contribution in [0.25, 0.3) is 0 Å². The monoisotopic (exact) mass is 331 g/mol. The van der Waals surface area contributed by atoms with Crippen molar-refractivity contribution in [3.8, 4) is 0 Å². The summed E-state index contributed by atoms with van der Waals surface area (Å²) in [7, 11) is 0. The van der Waals surface area contributed by atoms with E-state index >= 15 is 0 Å². The molecule has 0 saturated heterocycles. The molecule has 1 aliphatic rings. The highest BCUT2D eigenvalue weighted by atomic mass is 16.5. The molecule has 1 aliphatic carbocycles. The smallest absolute Gasteiger partial charge is 0.340 e. The fourth-order valence-corrected chi connectivity index (χ4v) is 2.80. The highest BCUT2D eigenvalue weighted by Crippen LogP contribution is 2.38. The van der Waals surface area contributed by atoms with Gasteiger partial charge in [-0.1, -0.05) is 5.16 Å². The molecule has 1 N–H and O–H groups in total. The summed E-state index contributed by atoms with van der Waals surface area (Å²) in [5, 5.41) is 6.21. The average molecular weight is 331 g/mol. The van der Waals surface area contributed by atoms with Crippen molar-refractivity contribution in [3.05, 3.63) is 34.8 Å². The van der Waals surface area contributed by atoms with Crippen molar-refractivity contribution in [3.63, 3.8) is 0 Å². The van der Waals surface area contributed by atoms with Crippen LogP contribution in [-0.4, -0.2) is 27.7 Å². The van der Waals surface area contributed by atoms with Gasteiger partial charge in [-0.25, -0.2) is 4.79 Å². The van der Waals surface area contributed by atoms with E-state index in [1.807, 2.05) is 19.9 Å². The second kappa shape index (κ2) is 6.14. The number of nitrogens with zero attached hydrogens (tertiary/aromatic N) is 2. The lowest BCUT2D eigenvalue weighted by molar-refractivity contribution is -0.123. The first-order valence-corrected chi connectivity index (χ1v) is 8.00. The maximum atomic E-state index is 12.4. The molecular formula is C17H21N3O4. The van der Waals surface area contributed by atoms with Gasteiger partial charge in [-0.15, -0.1) is 0 Å². The predicted molar refractivity (Wildman–Crippen MR) is 86.9 cm³/mol. The Hall–Kier alpha value is -2.57. The van der Waals surface area contributed by atoms with E-state index < -0.39 is 18.0 Å². The third kappa shape index (κ3) is 3.20. The molecule has 7 nitrogen and oxygen atoms in total. The van der Waals surface area contributed by atoms with Crippen LogP contribution in [0.3, 0.4) is 0 Å². The van der Waals surface area contributed by atoms with Gasteiger partial charge in [0.1, 0.15) is 0 Å². The average Bonchev–Trinajstić information content (AvgIpc) is 3.19. The van der Waals surface area contributed by atoms with Gasteiger partial charge in [0.25, 0.3) is 5.91 Å². The zero-order valence-corrected chi connectivity index (χ0v) is 14.3. The summed E-state index contributed by atoms with van der Waals surface area (Å²) in [5.41, 5.74) is 3.09. The summed E-state index contributed by atoms with van der Waals surface area (Å²) >= 11 is 0. The first-order valence-electron chi connectivity index (χ1n) is 8.00. The van der Waals surface area contributed by atoms with E-state index in [4.69, 9.17) is 9.26 Å². The summed E-state index contributed by atoms with van der Waals surface area (Å²) in [6, 6.07) is 3.90. The van der Waals surface area contributed by atoms with Crippen LogP contribution in [-0.2, 0) is 9.53 Å². The van der Waals surface area contributed by atoms with Crippen LogP contribution < -0.4 is 5.32 Å². The van der Waals surface area contributed by atoms with E-state index in [1.165, 1.54) is 6.92 Å². The molecule has 0 spiro atoms. The summed E-state index contributed by atoms with van der Waals surface area (Å²) in [5.74, 6) is -0.728. The summed E-state index contributed by atoms with van der Waals surface area (Å²) < 4.78 is 12.4. The Morgan fingerprint density at radius 2 is 2.04 bits per heavy atom. The number of amides is 1. The summed E-state index contributed by atoms with van der Waals surface area (Å²) in [6.45, 7) is 7.16. The van der Waals surface area contributed by atoms with E-state index in [1.54, 1.807) is 13.0 Å². The Bertz CT molecular complexity index is 786. The number of esters is 1. The van der Waals surface area contributed by atoms with E-state index in [-0.39, 0.29) is 5.88 Å². The van der Waals surface area contributed by atoms with Gasteiger partial charge in [-0.2, -0.15) is 0 Å². The molecule has 1 atom stereocenters. The lowest BCUT2D eigenvalue weighted by atomic mass is 10.2. The van der Waals surface area contributed by atoms with Crippen LogP contribution >= 0.6 is 0 Å². The minimum absolute atomic E-state index is 0.229. The van der Waals surface area contributed by atoms with E-state index in [0.717, 1.165) is 24.2 Å². The molecule has 128 valence electrons. The minimum Gasteiger partial charge on any atom is -0.449 e. The molecule has 0 aliphatic heterocycles. The molecule has 0 aromatic carbocycles. The highest BCUT2D eigenvalue weighted by molar-refractivity contribution is 5.97. The van der Waals surface area contributed by atoms with Gasteiger partial charge in [-0.05, 0) is 46.6 Å². The number of carbonyl (C=O) groups is 2. The standard InChI is InChI=1S/C17H21N3O4/c1-9-7-15(24-19-9)18-16(21)12(4)23-17(22)14-8-10(2)20(11(14)3)13-5-6-13/h7-8,12-13H,5-6H2,1-4H3,(H,18,21). The summed E-state index contributed by atoms with van der Waals surface area (Å²) in [4.78, 5) is 24.5. The Morgan fingerprint density at radius 3 is 2.62 bits per heavy atom. The van der Waals surface area contributed by atoms with Crippen molar-refractivity contribution >= 4 is 17.8 Å². The first-order chi connectivity index (χ1) is 11.4. The van der Waals surface area contributed by atoms with E-state index in [0.29, 0.717) is 17.3 Å². The van der Waals surface area contributed by atoms with Crippen LogP contribution in [0, 0.1) is 20.8 Å². The number of nitrogens with one attached hydrogen (secondary N) is 1. The fourth-order valence-electron chi connectivity index (χ4n) is 2.80. The number of aryl methyl sites for hydroxylation is 2.